The maximum Gasteiger partial charge on any atom is 0.247 e. The van der Waals surface area contributed by atoms with E-state index in [-0.39, 0.29) is 18.0 Å². The van der Waals surface area contributed by atoms with Crippen molar-refractivity contribution in [1.82, 2.24) is 14.7 Å². The highest BCUT2D eigenvalue weighted by molar-refractivity contribution is 5.81. The number of hydrogen-bond acceptors (Lipinski definition) is 3. The zero-order valence-electron chi connectivity index (χ0n) is 10.7. The molecular formula is C13H20N4O. The van der Waals surface area contributed by atoms with Crippen molar-refractivity contribution in [2.24, 2.45) is 5.73 Å². The van der Waals surface area contributed by atoms with Crippen molar-refractivity contribution in [3.05, 3.63) is 18.5 Å². The van der Waals surface area contributed by atoms with Crippen LogP contribution < -0.4 is 5.73 Å². The molecule has 18 heavy (non-hydrogen) atoms. The molecule has 0 spiro atoms. The van der Waals surface area contributed by atoms with Crippen molar-refractivity contribution in [2.45, 2.75) is 56.8 Å². The predicted octanol–water partition coefficient (Wildman–Crippen LogP) is 0.925. The van der Waals surface area contributed by atoms with Gasteiger partial charge in [-0.25, -0.2) is 0 Å². The van der Waals surface area contributed by atoms with E-state index in [1.54, 1.807) is 10.9 Å². The first-order chi connectivity index (χ1) is 8.66. The van der Waals surface area contributed by atoms with E-state index in [0.717, 1.165) is 25.7 Å². The van der Waals surface area contributed by atoms with Gasteiger partial charge in [-0.15, -0.1) is 0 Å². The number of fused-ring (bicyclic) bond motifs is 2. The summed E-state index contributed by atoms with van der Waals surface area (Å²) in [5, 5.41) is 4.16. The first kappa shape index (κ1) is 11.7. The Morgan fingerprint density at radius 1 is 1.39 bits per heavy atom. The van der Waals surface area contributed by atoms with Crippen LogP contribution in [0.15, 0.2) is 18.5 Å². The van der Waals surface area contributed by atoms with Gasteiger partial charge < -0.3 is 10.6 Å². The standard InChI is InChI=1S/C13H20N4O/c1-9(16-6-2-5-15-16)13(18)17-11-3-4-12(17)8-10(14)7-11/h2,5-6,9-12H,3-4,7-8,14H2,1H3. The molecule has 0 saturated carbocycles. The van der Waals surface area contributed by atoms with E-state index in [1.807, 2.05) is 19.2 Å². The lowest BCUT2D eigenvalue weighted by atomic mass is 9.97. The molecule has 2 aliphatic rings. The number of amides is 1. The van der Waals surface area contributed by atoms with Gasteiger partial charge in [-0.2, -0.15) is 5.10 Å². The lowest BCUT2D eigenvalue weighted by Gasteiger charge is -2.39. The molecule has 3 rings (SSSR count). The van der Waals surface area contributed by atoms with Gasteiger partial charge in [0.15, 0.2) is 0 Å². The second-order valence-electron chi connectivity index (χ2n) is 5.52. The molecule has 5 heteroatoms. The molecule has 0 aromatic carbocycles. The Morgan fingerprint density at radius 2 is 2.06 bits per heavy atom. The smallest absolute Gasteiger partial charge is 0.247 e. The van der Waals surface area contributed by atoms with Crippen LogP contribution >= 0.6 is 0 Å². The first-order valence-electron chi connectivity index (χ1n) is 6.73. The Bertz CT molecular complexity index is 416. The number of rotatable bonds is 2. The molecule has 3 atom stereocenters. The molecule has 1 aromatic rings. The third-order valence-corrected chi connectivity index (χ3v) is 4.30. The van der Waals surface area contributed by atoms with Crippen molar-refractivity contribution in [2.75, 3.05) is 0 Å². The molecule has 2 aliphatic heterocycles. The van der Waals surface area contributed by atoms with Gasteiger partial charge >= 0.3 is 0 Å². The van der Waals surface area contributed by atoms with Gasteiger partial charge in [0.25, 0.3) is 0 Å². The Morgan fingerprint density at radius 3 is 2.61 bits per heavy atom. The van der Waals surface area contributed by atoms with Gasteiger partial charge in [0.1, 0.15) is 6.04 Å². The fourth-order valence-corrected chi connectivity index (χ4v) is 3.42. The highest BCUT2D eigenvalue weighted by Gasteiger charge is 2.43. The molecule has 2 N–H and O–H groups in total. The largest absolute Gasteiger partial charge is 0.335 e. The molecule has 0 radical (unpaired) electrons. The summed E-state index contributed by atoms with van der Waals surface area (Å²) in [5.41, 5.74) is 6.03. The van der Waals surface area contributed by atoms with E-state index in [1.165, 1.54) is 0 Å². The van der Waals surface area contributed by atoms with Crippen LogP contribution in [0.4, 0.5) is 0 Å². The number of carbonyl (C=O) groups is 1. The molecule has 5 nitrogen and oxygen atoms in total. The van der Waals surface area contributed by atoms with Crippen LogP contribution in [0.25, 0.3) is 0 Å². The molecule has 0 aliphatic carbocycles. The fraction of sp³-hybridized carbons (Fsp3) is 0.692. The minimum Gasteiger partial charge on any atom is -0.335 e. The normalized spacial score (nSPS) is 32.6. The van der Waals surface area contributed by atoms with Crippen LogP contribution in [0.2, 0.25) is 0 Å². The number of aromatic nitrogens is 2. The zero-order valence-corrected chi connectivity index (χ0v) is 10.7. The first-order valence-corrected chi connectivity index (χ1v) is 6.73. The maximum absolute atomic E-state index is 12.6. The van der Waals surface area contributed by atoms with Gasteiger partial charge in [-0.3, -0.25) is 9.48 Å². The summed E-state index contributed by atoms with van der Waals surface area (Å²) in [6.45, 7) is 1.92. The van der Waals surface area contributed by atoms with Gasteiger partial charge in [0.2, 0.25) is 5.91 Å². The maximum atomic E-state index is 12.6. The molecule has 2 fully saturated rings. The highest BCUT2D eigenvalue weighted by atomic mass is 16.2. The third kappa shape index (κ3) is 1.82. The van der Waals surface area contributed by atoms with E-state index >= 15 is 0 Å². The highest BCUT2D eigenvalue weighted by Crippen LogP contribution is 2.36. The molecular weight excluding hydrogens is 228 g/mol. The van der Waals surface area contributed by atoms with Crippen molar-refractivity contribution in [3.8, 4) is 0 Å². The second kappa shape index (κ2) is 4.39. The third-order valence-electron chi connectivity index (χ3n) is 4.30. The minimum atomic E-state index is -0.211. The van der Waals surface area contributed by atoms with Crippen LogP contribution in [0.5, 0.6) is 0 Å². The predicted molar refractivity (Wildman–Crippen MR) is 67.8 cm³/mol. The molecule has 3 heterocycles. The van der Waals surface area contributed by atoms with Crippen molar-refractivity contribution >= 4 is 5.91 Å². The molecule has 1 aromatic heterocycles. The summed E-state index contributed by atoms with van der Waals surface area (Å²) in [5.74, 6) is 0.193. The molecule has 2 bridgehead atoms. The van der Waals surface area contributed by atoms with Crippen LogP contribution in [0.3, 0.4) is 0 Å². The van der Waals surface area contributed by atoms with Crippen LogP contribution in [0, 0.1) is 0 Å². The van der Waals surface area contributed by atoms with Gasteiger partial charge in [0.05, 0.1) is 0 Å². The Kier molecular flexibility index (Phi) is 2.86. The van der Waals surface area contributed by atoms with Gasteiger partial charge in [-0.05, 0) is 38.7 Å². The summed E-state index contributed by atoms with van der Waals surface area (Å²) in [4.78, 5) is 14.7. The topological polar surface area (TPSA) is 64.2 Å². The Hall–Kier alpha value is -1.36. The quantitative estimate of drug-likeness (QED) is 0.846. The lowest BCUT2D eigenvalue weighted by Crippen LogP contribution is -2.51. The van der Waals surface area contributed by atoms with Crippen molar-refractivity contribution < 1.29 is 4.79 Å². The Balaban J connectivity index is 1.77. The lowest BCUT2D eigenvalue weighted by molar-refractivity contribution is -0.139. The van der Waals surface area contributed by atoms with E-state index in [9.17, 15) is 4.79 Å². The number of hydrogen-bond donors (Lipinski definition) is 1. The summed E-state index contributed by atoms with van der Waals surface area (Å²) < 4.78 is 1.73. The van der Waals surface area contributed by atoms with Crippen LogP contribution in [-0.2, 0) is 4.79 Å². The summed E-state index contributed by atoms with van der Waals surface area (Å²) in [6.07, 6.45) is 7.68. The van der Waals surface area contributed by atoms with Crippen LogP contribution in [-0.4, -0.2) is 38.7 Å². The SMILES string of the molecule is CC(C(=O)N1C2CCC1CC(N)C2)n1cccn1. The Labute approximate surface area is 107 Å². The van der Waals surface area contributed by atoms with E-state index in [0.29, 0.717) is 12.1 Å². The number of nitrogens with zero attached hydrogens (tertiary/aromatic N) is 3. The number of carbonyl (C=O) groups excluding carboxylic acids is 1. The van der Waals surface area contributed by atoms with E-state index in [2.05, 4.69) is 10.00 Å². The van der Waals surface area contributed by atoms with Gasteiger partial charge in [0, 0.05) is 30.5 Å². The number of piperidine rings is 1. The number of nitrogens with two attached hydrogens (primary N) is 1. The average Bonchev–Trinajstić information content (AvgIpc) is 2.95. The molecule has 1 amide bonds. The van der Waals surface area contributed by atoms with Crippen LogP contribution in [0.1, 0.15) is 38.6 Å². The van der Waals surface area contributed by atoms with Crippen molar-refractivity contribution in [1.29, 1.82) is 0 Å². The summed E-state index contributed by atoms with van der Waals surface area (Å²) in [7, 11) is 0. The second-order valence-corrected chi connectivity index (χ2v) is 5.52. The molecule has 98 valence electrons. The summed E-state index contributed by atoms with van der Waals surface area (Å²) in [6, 6.07) is 2.61. The minimum absolute atomic E-state index is 0.193. The van der Waals surface area contributed by atoms with Crippen molar-refractivity contribution in [3.63, 3.8) is 0 Å². The summed E-state index contributed by atoms with van der Waals surface area (Å²) >= 11 is 0. The fourth-order valence-electron chi connectivity index (χ4n) is 3.42. The zero-order chi connectivity index (χ0) is 12.7. The van der Waals surface area contributed by atoms with Gasteiger partial charge in [-0.1, -0.05) is 0 Å². The van der Waals surface area contributed by atoms with E-state index < -0.39 is 0 Å². The van der Waals surface area contributed by atoms with E-state index in [4.69, 9.17) is 5.73 Å². The average molecular weight is 248 g/mol. The molecule has 2 saturated heterocycles. The molecule has 3 unspecified atom stereocenters. The monoisotopic (exact) mass is 248 g/mol.